The normalized spacial score (nSPS) is 13.2. The predicted molar refractivity (Wildman–Crippen MR) is 274 cm³/mol. The number of ether oxygens (including phenoxy) is 1. The van der Waals surface area contributed by atoms with Gasteiger partial charge in [-0.15, -0.1) is 0 Å². The fraction of sp³-hybridized carbons (Fsp3) is 0. The van der Waals surface area contributed by atoms with Gasteiger partial charge in [0.1, 0.15) is 22.7 Å². The maximum atomic E-state index is 7.11. The topological polar surface area (TPSA) is 30.5 Å². The minimum absolute atomic E-state index is 0.235. The lowest BCUT2D eigenvalue weighted by atomic mass is 9.43. The van der Waals surface area contributed by atoms with Crippen LogP contribution in [0.15, 0.2) is 227 Å². The highest BCUT2D eigenvalue weighted by Gasteiger charge is 2.46. The molecule has 3 aliphatic heterocycles. The maximum absolute atomic E-state index is 7.11. The van der Waals surface area contributed by atoms with Crippen molar-refractivity contribution in [2.75, 3.05) is 4.81 Å². The van der Waals surface area contributed by atoms with E-state index >= 15 is 0 Å². The van der Waals surface area contributed by atoms with Gasteiger partial charge in [-0.05, 0) is 105 Å². The Morgan fingerprint density at radius 1 is 0.439 bits per heavy atom. The largest absolute Gasteiger partial charge is 0.455 e. The Labute approximate surface area is 385 Å². The van der Waals surface area contributed by atoms with Crippen LogP contribution in [0.25, 0.3) is 93.9 Å². The summed E-state index contributed by atoms with van der Waals surface area (Å²) in [6, 6.07) is 77.2. The molecule has 12 aromatic rings. The second kappa shape index (κ2) is 13.7. The molecule has 0 radical (unpaired) electrons. The van der Waals surface area contributed by atoms with Gasteiger partial charge in [0, 0.05) is 55.8 Å². The summed E-state index contributed by atoms with van der Waals surface area (Å²) in [6.07, 6.45) is 0. The second-order valence-corrected chi connectivity index (χ2v) is 18.7. The Bertz CT molecular complexity index is 3990. The van der Waals surface area contributed by atoms with Crippen molar-refractivity contribution in [1.29, 1.82) is 0 Å². The second-order valence-electron chi connectivity index (χ2n) is 17.6. The van der Waals surface area contributed by atoms with Crippen molar-refractivity contribution in [1.82, 2.24) is 4.57 Å². The van der Waals surface area contributed by atoms with E-state index in [4.69, 9.17) is 9.15 Å². The average molecular weight is 859 g/mol. The fourth-order valence-electron chi connectivity index (χ4n) is 11.1. The molecule has 66 heavy (non-hydrogen) atoms. The summed E-state index contributed by atoms with van der Waals surface area (Å²) in [5, 5.41) is 4.68. The summed E-state index contributed by atoms with van der Waals surface area (Å²) in [6.45, 7) is -0.235. The molecule has 0 aliphatic carbocycles. The Morgan fingerprint density at radius 3 is 1.88 bits per heavy atom. The number of furan rings is 1. The number of para-hydroxylation sites is 2. The Balaban J connectivity index is 1.10. The van der Waals surface area contributed by atoms with E-state index < -0.39 is 0 Å². The van der Waals surface area contributed by atoms with E-state index in [1.807, 2.05) is 6.07 Å². The number of nitrogens with zero attached hydrogens (tertiary/aromatic N) is 2. The molecule has 0 atom stereocenters. The van der Waals surface area contributed by atoms with Gasteiger partial charge >= 0.3 is 6.85 Å². The van der Waals surface area contributed by atoms with E-state index in [2.05, 4.69) is 216 Å². The van der Waals surface area contributed by atoms with Crippen molar-refractivity contribution in [2.24, 2.45) is 0 Å². The monoisotopic (exact) mass is 858 g/mol. The van der Waals surface area contributed by atoms with Crippen LogP contribution in [0.4, 0.5) is 11.4 Å². The summed E-state index contributed by atoms with van der Waals surface area (Å²) >= 11 is 1.77. The maximum Gasteiger partial charge on any atom is 0.333 e. The molecule has 0 fully saturated rings. The zero-order valence-corrected chi connectivity index (χ0v) is 36.2. The Morgan fingerprint density at radius 2 is 1.09 bits per heavy atom. The van der Waals surface area contributed by atoms with Crippen molar-refractivity contribution in [3.63, 3.8) is 0 Å². The van der Waals surface area contributed by atoms with Crippen LogP contribution in [0.3, 0.4) is 0 Å². The van der Waals surface area contributed by atoms with Crippen molar-refractivity contribution in [2.45, 2.75) is 9.79 Å². The number of hydrogen-bond acceptors (Lipinski definition) is 4. The highest BCUT2D eigenvalue weighted by atomic mass is 32.2. The molecule has 0 unspecified atom stereocenters. The summed E-state index contributed by atoms with van der Waals surface area (Å²) in [5.41, 5.74) is 19.4. The van der Waals surface area contributed by atoms with Crippen LogP contribution in [0.2, 0.25) is 0 Å². The van der Waals surface area contributed by atoms with Crippen LogP contribution in [0.5, 0.6) is 11.5 Å². The molecule has 10 aromatic carbocycles. The average Bonchev–Trinajstić information content (AvgIpc) is 3.92. The van der Waals surface area contributed by atoms with Gasteiger partial charge in [0.25, 0.3) is 0 Å². The number of hydrogen-bond donors (Lipinski definition) is 0. The van der Waals surface area contributed by atoms with Crippen molar-refractivity contribution < 1.29 is 9.15 Å². The smallest absolute Gasteiger partial charge is 0.333 e. The zero-order valence-electron chi connectivity index (χ0n) is 35.4. The van der Waals surface area contributed by atoms with Gasteiger partial charge in [-0.2, -0.15) is 0 Å². The first kappa shape index (κ1) is 36.2. The number of fused-ring (bicyclic) bond motifs is 13. The molecule has 5 heterocycles. The molecule has 0 bridgehead atoms. The van der Waals surface area contributed by atoms with Gasteiger partial charge in [0.2, 0.25) is 0 Å². The molecular formula is C60H35BN2O2S. The molecule has 4 nitrogen and oxygen atoms in total. The van der Waals surface area contributed by atoms with Gasteiger partial charge in [-0.1, -0.05) is 157 Å². The molecule has 306 valence electrons. The lowest BCUT2D eigenvalue weighted by Crippen LogP contribution is -2.60. The third-order valence-corrected chi connectivity index (χ3v) is 15.1. The highest BCUT2D eigenvalue weighted by molar-refractivity contribution is 7.99. The van der Waals surface area contributed by atoms with Crippen LogP contribution in [0, 0.1) is 0 Å². The first-order valence-corrected chi connectivity index (χ1v) is 23.3. The van der Waals surface area contributed by atoms with E-state index in [-0.39, 0.29) is 6.85 Å². The van der Waals surface area contributed by atoms with E-state index in [1.54, 1.807) is 11.8 Å². The SMILES string of the molecule is c1ccc(-c2ccc(N3B4c5c(cc6c(oc7ccccc76)c5-c5cc6c(cc53)Oc3ccccc3S6)-n3c5ccc(-c6ccccc6)cc5c5cc(-c6ccccc6)cc4c53)cc2)cc1. The van der Waals surface area contributed by atoms with Crippen LogP contribution >= 0.6 is 11.8 Å². The van der Waals surface area contributed by atoms with Gasteiger partial charge in [-0.25, -0.2) is 0 Å². The highest BCUT2D eigenvalue weighted by Crippen LogP contribution is 2.55. The standard InChI is InChI=1S/C60H35BN2O2S/c1-4-14-36(15-5-1)39-24-27-42(28-25-39)63-50-35-54-56(66-55-23-13-12-22-53(55)64-54)34-47(50)57-58-51(33-46-43-20-10-11-21-52(43)65-60(46)57)62-49-29-26-40(37-16-6-2-7-17-37)30-44(49)45-31-41(38-18-8-3-9-19-38)32-48(59(45)62)61(58)63/h1-35H. The molecule has 0 saturated carbocycles. The van der Waals surface area contributed by atoms with Crippen molar-refractivity contribution >= 4 is 84.7 Å². The zero-order chi connectivity index (χ0) is 43.0. The minimum Gasteiger partial charge on any atom is -0.455 e. The van der Waals surface area contributed by atoms with Gasteiger partial charge in [0.05, 0.1) is 20.8 Å². The first-order chi connectivity index (χ1) is 32.7. The van der Waals surface area contributed by atoms with E-state index in [1.165, 1.54) is 71.8 Å². The fourth-order valence-corrected chi connectivity index (χ4v) is 12.1. The van der Waals surface area contributed by atoms with Crippen LogP contribution < -0.4 is 20.5 Å². The first-order valence-electron chi connectivity index (χ1n) is 22.5. The molecule has 0 saturated heterocycles. The lowest BCUT2D eigenvalue weighted by molar-refractivity contribution is 0.455. The van der Waals surface area contributed by atoms with Crippen molar-refractivity contribution in [3.05, 3.63) is 212 Å². The van der Waals surface area contributed by atoms with Gasteiger partial charge < -0.3 is 18.5 Å². The summed E-state index contributed by atoms with van der Waals surface area (Å²) < 4.78 is 16.5. The van der Waals surface area contributed by atoms with Crippen LogP contribution in [-0.2, 0) is 0 Å². The number of anilines is 2. The molecule has 2 aromatic heterocycles. The van der Waals surface area contributed by atoms with E-state index in [0.717, 1.165) is 65.7 Å². The molecular weight excluding hydrogens is 824 g/mol. The predicted octanol–water partition coefficient (Wildman–Crippen LogP) is 15.2. The third kappa shape index (κ3) is 5.13. The Kier molecular flexibility index (Phi) is 7.49. The summed E-state index contributed by atoms with van der Waals surface area (Å²) in [5.74, 6) is 1.73. The Hall–Kier alpha value is -8.19. The van der Waals surface area contributed by atoms with E-state index in [0.29, 0.717) is 0 Å². The molecule has 0 spiro atoms. The van der Waals surface area contributed by atoms with Crippen LogP contribution in [0.1, 0.15) is 0 Å². The quantitative estimate of drug-likeness (QED) is 0.165. The number of benzene rings is 10. The molecule has 0 N–H and O–H groups in total. The molecule has 3 aliphatic rings. The summed E-state index contributed by atoms with van der Waals surface area (Å²) in [4.78, 5) is 4.77. The van der Waals surface area contributed by atoms with Gasteiger partial charge in [0.15, 0.2) is 0 Å². The number of aromatic nitrogens is 1. The molecule has 15 rings (SSSR count). The molecule has 0 amide bonds. The number of rotatable bonds is 4. The molecule has 6 heteroatoms. The minimum atomic E-state index is -0.235. The lowest BCUT2D eigenvalue weighted by Gasteiger charge is -2.42. The summed E-state index contributed by atoms with van der Waals surface area (Å²) in [7, 11) is 0. The van der Waals surface area contributed by atoms with E-state index in [9.17, 15) is 0 Å². The van der Waals surface area contributed by atoms with Gasteiger partial charge in [-0.3, -0.25) is 0 Å². The van der Waals surface area contributed by atoms with Crippen molar-refractivity contribution in [3.8, 4) is 61.7 Å². The van der Waals surface area contributed by atoms with Crippen LogP contribution in [-0.4, -0.2) is 11.4 Å². The third-order valence-electron chi connectivity index (χ3n) is 14.0.